The van der Waals surface area contributed by atoms with Crippen molar-refractivity contribution in [2.75, 3.05) is 20.2 Å². The first kappa shape index (κ1) is 21.6. The van der Waals surface area contributed by atoms with Crippen LogP contribution in [0.3, 0.4) is 0 Å². The van der Waals surface area contributed by atoms with Crippen LogP contribution in [-0.4, -0.2) is 46.9 Å². The molecule has 1 aromatic carbocycles. The second-order valence-corrected chi connectivity index (χ2v) is 8.15. The van der Waals surface area contributed by atoms with Gasteiger partial charge in [-0.1, -0.05) is 23.7 Å². The van der Waals surface area contributed by atoms with E-state index in [2.05, 4.69) is 31.9 Å². The van der Waals surface area contributed by atoms with Crippen LogP contribution in [0, 0.1) is 11.3 Å². The van der Waals surface area contributed by atoms with Gasteiger partial charge in [0.25, 0.3) is 0 Å². The van der Waals surface area contributed by atoms with Crippen LogP contribution in [0.25, 0.3) is 0 Å². The van der Waals surface area contributed by atoms with E-state index in [0.29, 0.717) is 35.8 Å². The molecule has 6 nitrogen and oxygen atoms in total. The number of carbonyl (C=O) groups is 1. The zero-order chi connectivity index (χ0) is 21.0. The van der Waals surface area contributed by atoms with Crippen LogP contribution < -0.4 is 4.74 Å². The van der Waals surface area contributed by atoms with Crippen LogP contribution in [0.5, 0.6) is 5.75 Å². The normalized spacial score (nSPS) is 19.6. The summed E-state index contributed by atoms with van der Waals surface area (Å²) in [5.41, 5.74) is 1.99. The number of hydrogen-bond donors (Lipinski definition) is 0. The lowest BCUT2D eigenvalue weighted by Gasteiger charge is -2.47. The number of nitrogens with zero attached hydrogens (tertiary/aromatic N) is 4. The van der Waals surface area contributed by atoms with Crippen LogP contribution >= 0.6 is 27.5 Å². The molecule has 2 heterocycles. The number of ether oxygens (including phenoxy) is 1. The van der Waals surface area contributed by atoms with Gasteiger partial charge in [-0.2, -0.15) is 5.26 Å². The largest absolute Gasteiger partial charge is 0.497 e. The summed E-state index contributed by atoms with van der Waals surface area (Å²) in [6.45, 7) is 3.51. The van der Waals surface area contributed by atoms with E-state index in [9.17, 15) is 10.1 Å². The molecule has 1 fully saturated rings. The van der Waals surface area contributed by atoms with Gasteiger partial charge < -0.3 is 9.64 Å². The molecule has 1 aliphatic heterocycles. The monoisotopic (exact) mass is 476 g/mol. The van der Waals surface area contributed by atoms with Gasteiger partial charge in [0.1, 0.15) is 15.5 Å². The summed E-state index contributed by atoms with van der Waals surface area (Å²) in [4.78, 5) is 20.6. The smallest absolute Gasteiger partial charge is 0.220 e. The molecular formula is C21H22BrClN4O2. The molecule has 152 valence electrons. The third-order valence-electron chi connectivity index (χ3n) is 5.17. The molecule has 1 aromatic heterocycles. The molecular weight excluding hydrogens is 456 g/mol. The Kier molecular flexibility index (Phi) is 7.12. The maximum atomic E-state index is 12.4. The van der Waals surface area contributed by atoms with Crippen molar-refractivity contribution in [3.63, 3.8) is 0 Å². The molecule has 3 rings (SSSR count). The topological polar surface area (TPSA) is 69.5 Å². The van der Waals surface area contributed by atoms with Crippen LogP contribution in [0.2, 0.25) is 5.15 Å². The van der Waals surface area contributed by atoms with E-state index in [1.54, 1.807) is 20.1 Å². The van der Waals surface area contributed by atoms with Gasteiger partial charge in [0.2, 0.25) is 5.91 Å². The Hall–Kier alpha value is -2.14. The number of amides is 1. The Balaban J connectivity index is 1.96. The Morgan fingerprint density at radius 2 is 2.07 bits per heavy atom. The predicted octanol–water partition coefficient (Wildman–Crippen LogP) is 4.19. The quantitative estimate of drug-likeness (QED) is 0.604. The zero-order valence-electron chi connectivity index (χ0n) is 16.3. The van der Waals surface area contributed by atoms with Crippen molar-refractivity contribution in [1.82, 2.24) is 14.8 Å². The number of nitriles is 1. The molecule has 1 saturated heterocycles. The highest BCUT2D eigenvalue weighted by atomic mass is 79.9. The number of methoxy groups -OCH3 is 1. The number of pyridine rings is 1. The lowest BCUT2D eigenvalue weighted by molar-refractivity contribution is -0.136. The van der Waals surface area contributed by atoms with Gasteiger partial charge in [-0.05, 0) is 51.3 Å². The summed E-state index contributed by atoms with van der Waals surface area (Å²) in [5.74, 6) is 0.781. The van der Waals surface area contributed by atoms with Crippen molar-refractivity contribution in [2.45, 2.75) is 32.0 Å². The van der Waals surface area contributed by atoms with Crippen molar-refractivity contribution in [3.05, 3.63) is 57.3 Å². The Labute approximate surface area is 184 Å². The molecule has 0 bridgehead atoms. The van der Waals surface area contributed by atoms with Crippen molar-refractivity contribution < 1.29 is 9.53 Å². The molecule has 0 N–H and O–H groups in total. The zero-order valence-corrected chi connectivity index (χ0v) is 18.7. The third-order valence-corrected chi connectivity index (χ3v) is 5.77. The van der Waals surface area contributed by atoms with Crippen molar-refractivity contribution >= 4 is 33.4 Å². The molecule has 0 aliphatic carbocycles. The van der Waals surface area contributed by atoms with E-state index in [-0.39, 0.29) is 18.0 Å². The predicted molar refractivity (Wildman–Crippen MR) is 114 cm³/mol. The Bertz CT molecular complexity index is 896. The summed E-state index contributed by atoms with van der Waals surface area (Å²) in [6.07, 6.45) is 0.294. The fraction of sp³-hybridized carbons (Fsp3) is 0.381. The highest BCUT2D eigenvalue weighted by Crippen LogP contribution is 2.35. The van der Waals surface area contributed by atoms with Crippen LogP contribution in [0.1, 0.15) is 30.5 Å². The Morgan fingerprint density at radius 3 is 2.66 bits per heavy atom. The highest BCUT2D eigenvalue weighted by molar-refractivity contribution is 9.10. The molecule has 1 aliphatic rings. The Morgan fingerprint density at radius 1 is 1.34 bits per heavy atom. The van der Waals surface area contributed by atoms with Gasteiger partial charge in [0, 0.05) is 32.6 Å². The average molecular weight is 478 g/mol. The summed E-state index contributed by atoms with van der Waals surface area (Å²) < 4.78 is 5.84. The molecule has 0 spiro atoms. The van der Waals surface area contributed by atoms with E-state index < -0.39 is 0 Å². The number of halogens is 2. The summed E-state index contributed by atoms with van der Waals surface area (Å²) in [6, 6.07) is 13.4. The number of aromatic nitrogens is 1. The van der Waals surface area contributed by atoms with Gasteiger partial charge in [0.05, 0.1) is 25.6 Å². The SMILES string of the molecule is COc1ccc(CN2CCN(C(C)=O)C(c3cc(Cl)nc(Br)c3)C2CC#N)cc1. The van der Waals surface area contributed by atoms with E-state index in [1.807, 2.05) is 35.2 Å². The molecule has 2 unspecified atom stereocenters. The molecule has 1 amide bonds. The van der Waals surface area contributed by atoms with Gasteiger partial charge in [-0.3, -0.25) is 9.69 Å². The number of hydrogen-bond acceptors (Lipinski definition) is 5. The minimum absolute atomic E-state index is 0.0221. The van der Waals surface area contributed by atoms with Gasteiger partial charge >= 0.3 is 0 Å². The number of carbonyl (C=O) groups excluding carboxylic acids is 1. The van der Waals surface area contributed by atoms with Crippen LogP contribution in [0.15, 0.2) is 41.0 Å². The third kappa shape index (κ3) is 5.08. The maximum Gasteiger partial charge on any atom is 0.220 e. The molecule has 0 saturated carbocycles. The minimum atomic E-state index is -0.282. The van der Waals surface area contributed by atoms with Crippen LogP contribution in [-0.2, 0) is 11.3 Å². The first-order chi connectivity index (χ1) is 13.9. The lowest BCUT2D eigenvalue weighted by Crippen LogP contribution is -2.55. The standard InChI is InChI=1S/C21H22BrClN4O2/c1-14(28)27-10-9-26(13-15-3-5-17(29-2)6-4-15)18(7-8-24)21(27)16-11-19(22)25-20(23)12-16/h3-6,11-12,18,21H,7,9-10,13H2,1-2H3. The highest BCUT2D eigenvalue weighted by Gasteiger charge is 2.39. The van der Waals surface area contributed by atoms with E-state index >= 15 is 0 Å². The first-order valence-electron chi connectivity index (χ1n) is 9.27. The van der Waals surface area contributed by atoms with Gasteiger partial charge in [0.15, 0.2) is 0 Å². The average Bonchev–Trinajstić information content (AvgIpc) is 2.68. The fourth-order valence-electron chi connectivity index (χ4n) is 3.85. The van der Waals surface area contributed by atoms with Crippen molar-refractivity contribution in [2.24, 2.45) is 0 Å². The van der Waals surface area contributed by atoms with E-state index in [0.717, 1.165) is 16.9 Å². The van der Waals surface area contributed by atoms with E-state index in [1.165, 1.54) is 0 Å². The van der Waals surface area contributed by atoms with Gasteiger partial charge in [-0.25, -0.2) is 4.98 Å². The second kappa shape index (κ2) is 9.57. The number of rotatable bonds is 5. The molecule has 2 atom stereocenters. The summed E-state index contributed by atoms with van der Waals surface area (Å²) >= 11 is 9.57. The minimum Gasteiger partial charge on any atom is -0.497 e. The number of benzene rings is 1. The van der Waals surface area contributed by atoms with Crippen molar-refractivity contribution in [3.8, 4) is 11.8 Å². The molecule has 29 heavy (non-hydrogen) atoms. The molecule has 2 aromatic rings. The summed E-state index contributed by atoms with van der Waals surface area (Å²) in [7, 11) is 1.64. The molecule has 8 heteroatoms. The van der Waals surface area contributed by atoms with Gasteiger partial charge in [-0.15, -0.1) is 0 Å². The second-order valence-electron chi connectivity index (χ2n) is 6.95. The van der Waals surface area contributed by atoms with E-state index in [4.69, 9.17) is 16.3 Å². The maximum absolute atomic E-state index is 12.4. The number of piperazine rings is 1. The molecule has 0 radical (unpaired) electrons. The first-order valence-corrected chi connectivity index (χ1v) is 10.4. The summed E-state index contributed by atoms with van der Waals surface area (Å²) in [5, 5.41) is 9.87. The lowest BCUT2D eigenvalue weighted by atomic mass is 9.92. The fourth-order valence-corrected chi connectivity index (χ4v) is 4.63. The van der Waals surface area contributed by atoms with Crippen LogP contribution in [0.4, 0.5) is 0 Å². The van der Waals surface area contributed by atoms with Crippen molar-refractivity contribution in [1.29, 1.82) is 5.26 Å².